The monoisotopic (exact) mass is 379 g/mol. The van der Waals surface area contributed by atoms with Gasteiger partial charge in [0, 0.05) is 28.8 Å². The van der Waals surface area contributed by atoms with Crippen molar-refractivity contribution in [3.05, 3.63) is 88.2 Å². The van der Waals surface area contributed by atoms with Crippen LogP contribution in [0, 0.1) is 13.8 Å². The Bertz CT molecular complexity index is 980. The van der Waals surface area contributed by atoms with Crippen molar-refractivity contribution < 1.29 is 9.59 Å². The van der Waals surface area contributed by atoms with Gasteiger partial charge in [0.2, 0.25) is 0 Å². The molecule has 2 amide bonds. The number of benzene rings is 2. The number of rotatable bonds is 4. The summed E-state index contributed by atoms with van der Waals surface area (Å²) < 4.78 is 0. The molecule has 2 aromatic carbocycles. The molecule has 3 aromatic rings. The molecule has 136 valence electrons. The van der Waals surface area contributed by atoms with Crippen molar-refractivity contribution >= 4 is 34.8 Å². The molecule has 27 heavy (non-hydrogen) atoms. The molecule has 0 spiro atoms. The summed E-state index contributed by atoms with van der Waals surface area (Å²) in [4.78, 5) is 28.9. The predicted octanol–water partition coefficient (Wildman–Crippen LogP) is 4.86. The van der Waals surface area contributed by atoms with Crippen LogP contribution in [0.5, 0.6) is 0 Å². The molecule has 0 unspecified atom stereocenters. The van der Waals surface area contributed by atoms with Crippen LogP contribution in [0.2, 0.25) is 5.02 Å². The van der Waals surface area contributed by atoms with Gasteiger partial charge in [-0.15, -0.1) is 0 Å². The van der Waals surface area contributed by atoms with Crippen LogP contribution in [0.1, 0.15) is 31.8 Å². The van der Waals surface area contributed by atoms with Crippen LogP contribution in [0.25, 0.3) is 0 Å². The average molecular weight is 380 g/mol. The SMILES string of the molecule is Cc1cc(C)cc(NC(=O)c2cncc(C(=O)Nc3ccc(Cl)cc3)c2)c1. The second-order valence-corrected chi connectivity index (χ2v) is 6.69. The minimum atomic E-state index is -0.356. The number of anilines is 2. The summed E-state index contributed by atoms with van der Waals surface area (Å²) >= 11 is 5.84. The van der Waals surface area contributed by atoms with Gasteiger partial charge in [0.15, 0.2) is 0 Å². The highest BCUT2D eigenvalue weighted by Crippen LogP contribution is 2.17. The van der Waals surface area contributed by atoms with Gasteiger partial charge in [-0.3, -0.25) is 14.6 Å². The first kappa shape index (κ1) is 18.6. The van der Waals surface area contributed by atoms with Gasteiger partial charge < -0.3 is 10.6 Å². The summed E-state index contributed by atoms with van der Waals surface area (Å²) in [5.74, 6) is -0.681. The van der Waals surface area contributed by atoms with Gasteiger partial charge in [-0.25, -0.2) is 0 Å². The lowest BCUT2D eigenvalue weighted by Crippen LogP contribution is -2.16. The maximum absolute atomic E-state index is 12.5. The van der Waals surface area contributed by atoms with E-state index in [0.717, 1.165) is 11.1 Å². The number of amides is 2. The molecule has 0 aliphatic carbocycles. The van der Waals surface area contributed by atoms with Crippen LogP contribution in [-0.2, 0) is 0 Å². The minimum absolute atomic E-state index is 0.290. The zero-order chi connectivity index (χ0) is 19.4. The maximum Gasteiger partial charge on any atom is 0.257 e. The number of carbonyl (C=O) groups excluding carboxylic acids is 2. The second-order valence-electron chi connectivity index (χ2n) is 6.25. The molecule has 0 bridgehead atoms. The molecule has 0 atom stereocenters. The Balaban J connectivity index is 1.75. The van der Waals surface area contributed by atoms with E-state index in [9.17, 15) is 9.59 Å². The summed E-state index contributed by atoms with van der Waals surface area (Å²) in [5.41, 5.74) is 4.01. The number of halogens is 1. The van der Waals surface area contributed by atoms with Crippen molar-refractivity contribution in [3.8, 4) is 0 Å². The summed E-state index contributed by atoms with van der Waals surface area (Å²) in [6, 6.07) is 14.1. The predicted molar refractivity (Wildman–Crippen MR) is 108 cm³/mol. The minimum Gasteiger partial charge on any atom is -0.322 e. The zero-order valence-corrected chi connectivity index (χ0v) is 15.7. The average Bonchev–Trinajstić information content (AvgIpc) is 2.63. The van der Waals surface area contributed by atoms with Crippen molar-refractivity contribution in [3.63, 3.8) is 0 Å². The van der Waals surface area contributed by atoms with E-state index in [4.69, 9.17) is 11.6 Å². The van der Waals surface area contributed by atoms with Crippen molar-refractivity contribution in [2.24, 2.45) is 0 Å². The van der Waals surface area contributed by atoms with Gasteiger partial charge in [0.1, 0.15) is 0 Å². The van der Waals surface area contributed by atoms with Crippen LogP contribution >= 0.6 is 11.6 Å². The molecule has 1 heterocycles. The van der Waals surface area contributed by atoms with Crippen molar-refractivity contribution in [2.75, 3.05) is 10.6 Å². The van der Waals surface area contributed by atoms with Crippen molar-refractivity contribution in [1.82, 2.24) is 4.98 Å². The fourth-order valence-corrected chi connectivity index (χ4v) is 2.80. The number of hydrogen-bond donors (Lipinski definition) is 2. The van der Waals surface area contributed by atoms with E-state index in [1.54, 1.807) is 24.3 Å². The summed E-state index contributed by atoms with van der Waals surface area (Å²) in [5, 5.41) is 6.17. The highest BCUT2D eigenvalue weighted by atomic mass is 35.5. The number of nitrogens with one attached hydrogen (secondary N) is 2. The van der Waals surface area contributed by atoms with Crippen molar-refractivity contribution in [2.45, 2.75) is 13.8 Å². The van der Waals surface area contributed by atoms with E-state index in [0.29, 0.717) is 22.0 Å². The van der Waals surface area contributed by atoms with E-state index >= 15 is 0 Å². The molecular formula is C21H18ClN3O2. The van der Waals surface area contributed by atoms with Crippen LogP contribution in [0.4, 0.5) is 11.4 Å². The topological polar surface area (TPSA) is 71.1 Å². The summed E-state index contributed by atoms with van der Waals surface area (Å²) in [6.45, 7) is 3.93. The molecule has 2 N–H and O–H groups in total. The van der Waals surface area contributed by atoms with Gasteiger partial charge in [0.25, 0.3) is 11.8 Å². The molecule has 3 rings (SSSR count). The molecule has 0 aliphatic rings. The van der Waals surface area contributed by atoms with Crippen molar-refractivity contribution in [1.29, 1.82) is 0 Å². The lowest BCUT2D eigenvalue weighted by Gasteiger charge is -2.09. The molecule has 0 saturated carbocycles. The van der Waals surface area contributed by atoms with E-state index in [2.05, 4.69) is 15.6 Å². The Kier molecular flexibility index (Phi) is 5.52. The summed E-state index contributed by atoms with van der Waals surface area (Å²) in [6.07, 6.45) is 2.84. The molecule has 0 fully saturated rings. The maximum atomic E-state index is 12.5. The van der Waals surface area contributed by atoms with Crippen LogP contribution in [0.3, 0.4) is 0 Å². The van der Waals surface area contributed by atoms with E-state index < -0.39 is 0 Å². The van der Waals surface area contributed by atoms with E-state index in [1.165, 1.54) is 18.5 Å². The Morgan fingerprint density at radius 3 is 1.85 bits per heavy atom. The molecule has 0 radical (unpaired) electrons. The third kappa shape index (κ3) is 4.92. The fraction of sp³-hybridized carbons (Fsp3) is 0.0952. The lowest BCUT2D eigenvalue weighted by molar-refractivity contribution is 0.102. The first-order valence-electron chi connectivity index (χ1n) is 8.32. The third-order valence-corrected chi connectivity index (χ3v) is 4.10. The largest absolute Gasteiger partial charge is 0.322 e. The lowest BCUT2D eigenvalue weighted by atomic mass is 10.1. The number of nitrogens with zero attached hydrogens (tertiary/aromatic N) is 1. The molecular weight excluding hydrogens is 362 g/mol. The van der Waals surface area contributed by atoms with Gasteiger partial charge in [-0.1, -0.05) is 17.7 Å². The standard InChI is InChI=1S/C21H18ClN3O2/c1-13-7-14(2)9-19(8-13)25-21(27)16-10-15(11-23-12-16)20(26)24-18-5-3-17(22)4-6-18/h3-12H,1-2H3,(H,24,26)(H,25,27). The number of pyridine rings is 1. The van der Waals surface area contributed by atoms with Gasteiger partial charge in [-0.05, 0) is 67.4 Å². The Hall–Kier alpha value is -3.18. The number of hydrogen-bond acceptors (Lipinski definition) is 3. The Morgan fingerprint density at radius 1 is 0.778 bits per heavy atom. The normalized spacial score (nSPS) is 10.3. The Morgan fingerprint density at radius 2 is 1.30 bits per heavy atom. The number of aromatic nitrogens is 1. The molecule has 0 aliphatic heterocycles. The molecule has 0 saturated heterocycles. The Labute approximate surface area is 162 Å². The molecule has 1 aromatic heterocycles. The molecule has 6 heteroatoms. The van der Waals surface area contributed by atoms with Gasteiger partial charge in [-0.2, -0.15) is 0 Å². The fourth-order valence-electron chi connectivity index (χ4n) is 2.67. The van der Waals surface area contributed by atoms with Gasteiger partial charge in [0.05, 0.1) is 11.1 Å². The number of aryl methyl sites for hydroxylation is 2. The molecule has 5 nitrogen and oxygen atoms in total. The smallest absolute Gasteiger partial charge is 0.257 e. The zero-order valence-electron chi connectivity index (χ0n) is 14.9. The third-order valence-electron chi connectivity index (χ3n) is 3.84. The van der Waals surface area contributed by atoms with Crippen LogP contribution < -0.4 is 10.6 Å². The highest BCUT2D eigenvalue weighted by Gasteiger charge is 2.12. The van der Waals surface area contributed by atoms with E-state index in [-0.39, 0.29) is 17.4 Å². The van der Waals surface area contributed by atoms with Gasteiger partial charge >= 0.3 is 0 Å². The first-order valence-corrected chi connectivity index (χ1v) is 8.70. The highest BCUT2D eigenvalue weighted by molar-refractivity contribution is 6.30. The quantitative estimate of drug-likeness (QED) is 0.680. The summed E-state index contributed by atoms with van der Waals surface area (Å²) in [7, 11) is 0. The first-order chi connectivity index (χ1) is 12.9. The number of carbonyl (C=O) groups is 2. The van der Waals surface area contributed by atoms with E-state index in [1.807, 2.05) is 32.0 Å². The van der Waals surface area contributed by atoms with Crippen LogP contribution in [0.15, 0.2) is 60.9 Å². The second kappa shape index (κ2) is 8.01. The van der Waals surface area contributed by atoms with Crippen LogP contribution in [-0.4, -0.2) is 16.8 Å².